The maximum Gasteiger partial charge on any atom is 0.253 e. The standard InChI is InChI=1S/C17H20FN3O3.C3H8.CH2O/c1-12(17(22)20-19)21-24-10-13-6-8-15(9-7-13)23-11-14-4-2-3-5-16(14)18;1-3-2;1-2/h2-9,12,21H,10-11,19H2,1H3,(H,20,22);3H2,1-2H3;1H2. The van der Waals surface area contributed by atoms with Gasteiger partial charge in [0.2, 0.25) is 0 Å². The fraction of sp³-hybridized carbons (Fsp3) is 0.333. The van der Waals surface area contributed by atoms with Gasteiger partial charge in [-0.3, -0.25) is 15.1 Å². The molecule has 1 atom stereocenters. The predicted molar refractivity (Wildman–Crippen MR) is 110 cm³/mol. The Hall–Kier alpha value is -2.81. The number of nitrogens with one attached hydrogen (secondary N) is 2. The molecule has 0 fully saturated rings. The zero-order chi connectivity index (χ0) is 22.1. The van der Waals surface area contributed by atoms with E-state index in [0.29, 0.717) is 11.3 Å². The summed E-state index contributed by atoms with van der Waals surface area (Å²) in [5.41, 5.74) is 6.00. The zero-order valence-electron chi connectivity index (χ0n) is 17.1. The van der Waals surface area contributed by atoms with Gasteiger partial charge in [0.1, 0.15) is 31.0 Å². The van der Waals surface area contributed by atoms with Crippen LogP contribution in [-0.4, -0.2) is 18.7 Å². The summed E-state index contributed by atoms with van der Waals surface area (Å²) in [5, 5.41) is 0. The van der Waals surface area contributed by atoms with Gasteiger partial charge in [0, 0.05) is 5.56 Å². The highest BCUT2D eigenvalue weighted by molar-refractivity contribution is 5.80. The summed E-state index contributed by atoms with van der Waals surface area (Å²) in [7, 11) is 0. The second kappa shape index (κ2) is 16.2. The van der Waals surface area contributed by atoms with Gasteiger partial charge in [-0.1, -0.05) is 50.6 Å². The lowest BCUT2D eigenvalue weighted by atomic mass is 10.2. The van der Waals surface area contributed by atoms with Crippen LogP contribution in [0.2, 0.25) is 0 Å². The van der Waals surface area contributed by atoms with E-state index in [9.17, 15) is 9.18 Å². The molecule has 1 amide bonds. The number of hydrazine groups is 1. The molecule has 7 nitrogen and oxygen atoms in total. The van der Waals surface area contributed by atoms with Crippen LogP contribution in [0.15, 0.2) is 48.5 Å². The number of carbonyl (C=O) groups is 2. The Labute approximate surface area is 171 Å². The molecular formula is C21H30FN3O4. The number of hydroxylamine groups is 1. The number of rotatable bonds is 8. The third kappa shape index (κ3) is 10.9. The van der Waals surface area contributed by atoms with Crippen molar-refractivity contribution in [1.29, 1.82) is 0 Å². The van der Waals surface area contributed by atoms with Gasteiger partial charge in [0.15, 0.2) is 0 Å². The van der Waals surface area contributed by atoms with Crippen LogP contribution in [0.4, 0.5) is 4.39 Å². The molecule has 0 spiro atoms. The monoisotopic (exact) mass is 407 g/mol. The van der Waals surface area contributed by atoms with E-state index in [4.69, 9.17) is 20.2 Å². The van der Waals surface area contributed by atoms with Crippen LogP contribution in [0.1, 0.15) is 38.3 Å². The number of hydrogen-bond acceptors (Lipinski definition) is 6. The second-order valence-electron chi connectivity index (χ2n) is 5.87. The molecule has 29 heavy (non-hydrogen) atoms. The molecule has 0 aliphatic rings. The van der Waals surface area contributed by atoms with Gasteiger partial charge in [-0.25, -0.2) is 10.2 Å². The van der Waals surface area contributed by atoms with E-state index >= 15 is 0 Å². The number of nitrogens with two attached hydrogens (primary N) is 1. The van der Waals surface area contributed by atoms with Gasteiger partial charge in [-0.15, -0.1) is 0 Å². The van der Waals surface area contributed by atoms with Crippen LogP contribution in [0.25, 0.3) is 0 Å². The third-order valence-electron chi connectivity index (χ3n) is 3.31. The van der Waals surface area contributed by atoms with Crippen molar-refractivity contribution in [3.8, 4) is 5.75 Å². The Morgan fingerprint density at radius 3 is 2.24 bits per heavy atom. The van der Waals surface area contributed by atoms with Crippen LogP contribution in [0, 0.1) is 5.82 Å². The summed E-state index contributed by atoms with van der Waals surface area (Å²) < 4.78 is 19.1. The number of amides is 1. The molecule has 0 saturated heterocycles. The summed E-state index contributed by atoms with van der Waals surface area (Å²) in [4.78, 5) is 24.4. The minimum atomic E-state index is -0.557. The van der Waals surface area contributed by atoms with Crippen molar-refractivity contribution in [1.82, 2.24) is 10.9 Å². The van der Waals surface area contributed by atoms with E-state index in [0.717, 1.165) is 5.56 Å². The molecule has 0 aliphatic heterocycles. The Kier molecular flexibility index (Phi) is 14.6. The molecule has 0 aromatic heterocycles. The van der Waals surface area contributed by atoms with Crippen molar-refractivity contribution >= 4 is 12.7 Å². The first-order valence-corrected chi connectivity index (χ1v) is 9.13. The average molecular weight is 407 g/mol. The minimum Gasteiger partial charge on any atom is -0.489 e. The fourth-order valence-electron chi connectivity index (χ4n) is 1.89. The SMILES string of the molecule is C=O.CC(NOCc1ccc(OCc2ccccc2F)cc1)C(=O)NN.CCC. The number of carbonyl (C=O) groups excluding carboxylic acids is 2. The number of hydrogen-bond donors (Lipinski definition) is 3. The van der Waals surface area contributed by atoms with Crippen LogP contribution in [0.5, 0.6) is 5.75 Å². The van der Waals surface area contributed by atoms with E-state index in [1.807, 2.05) is 24.3 Å². The molecule has 160 valence electrons. The lowest BCUT2D eigenvalue weighted by Crippen LogP contribution is -2.44. The van der Waals surface area contributed by atoms with Crippen molar-refractivity contribution in [2.24, 2.45) is 5.84 Å². The van der Waals surface area contributed by atoms with Crippen molar-refractivity contribution in [2.45, 2.75) is 46.4 Å². The molecule has 0 radical (unpaired) electrons. The summed E-state index contributed by atoms with van der Waals surface area (Å²) in [6.45, 7) is 8.31. The Morgan fingerprint density at radius 1 is 1.10 bits per heavy atom. The molecule has 0 aliphatic carbocycles. The van der Waals surface area contributed by atoms with Crippen LogP contribution in [0.3, 0.4) is 0 Å². The Balaban J connectivity index is 0.00000143. The predicted octanol–water partition coefficient (Wildman–Crippen LogP) is 3.04. The Morgan fingerprint density at radius 2 is 1.69 bits per heavy atom. The molecular weight excluding hydrogens is 377 g/mol. The van der Waals surface area contributed by atoms with Crippen molar-refractivity contribution in [3.05, 3.63) is 65.5 Å². The van der Waals surface area contributed by atoms with Gasteiger partial charge < -0.3 is 9.53 Å². The van der Waals surface area contributed by atoms with Crippen LogP contribution >= 0.6 is 0 Å². The summed E-state index contributed by atoms with van der Waals surface area (Å²) >= 11 is 0. The van der Waals surface area contributed by atoms with Crippen molar-refractivity contribution in [2.75, 3.05) is 0 Å². The maximum absolute atomic E-state index is 13.5. The minimum absolute atomic E-state index is 0.162. The smallest absolute Gasteiger partial charge is 0.253 e. The van der Waals surface area contributed by atoms with Crippen LogP contribution in [-0.2, 0) is 27.6 Å². The molecule has 1 unspecified atom stereocenters. The number of ether oxygens (including phenoxy) is 1. The van der Waals surface area contributed by atoms with E-state index < -0.39 is 6.04 Å². The van der Waals surface area contributed by atoms with E-state index in [1.165, 1.54) is 12.5 Å². The molecule has 0 bridgehead atoms. The lowest BCUT2D eigenvalue weighted by Gasteiger charge is -2.12. The lowest BCUT2D eigenvalue weighted by molar-refractivity contribution is -0.127. The van der Waals surface area contributed by atoms with Gasteiger partial charge in [-0.2, -0.15) is 5.48 Å². The van der Waals surface area contributed by atoms with E-state index in [-0.39, 0.29) is 24.9 Å². The topological polar surface area (TPSA) is 103 Å². The first-order valence-electron chi connectivity index (χ1n) is 9.13. The van der Waals surface area contributed by atoms with Crippen LogP contribution < -0.4 is 21.5 Å². The van der Waals surface area contributed by atoms with Gasteiger partial charge in [0.25, 0.3) is 5.91 Å². The highest BCUT2D eigenvalue weighted by Crippen LogP contribution is 2.16. The number of benzene rings is 2. The van der Waals surface area contributed by atoms with Gasteiger partial charge >= 0.3 is 0 Å². The summed E-state index contributed by atoms with van der Waals surface area (Å²) in [5.74, 6) is 4.99. The van der Waals surface area contributed by atoms with Gasteiger partial charge in [0.05, 0.1) is 6.61 Å². The van der Waals surface area contributed by atoms with Crippen molar-refractivity contribution in [3.63, 3.8) is 0 Å². The maximum atomic E-state index is 13.5. The van der Waals surface area contributed by atoms with Gasteiger partial charge in [-0.05, 0) is 30.7 Å². The molecule has 0 heterocycles. The molecule has 2 rings (SSSR count). The Bertz CT molecular complexity index is 699. The molecule has 8 heteroatoms. The summed E-state index contributed by atoms with van der Waals surface area (Å²) in [6, 6.07) is 13.1. The highest BCUT2D eigenvalue weighted by atomic mass is 19.1. The first-order chi connectivity index (χ1) is 14.0. The van der Waals surface area contributed by atoms with E-state index in [1.54, 1.807) is 37.3 Å². The number of halogens is 1. The molecule has 0 saturated carbocycles. The second-order valence-corrected chi connectivity index (χ2v) is 5.87. The fourth-order valence-corrected chi connectivity index (χ4v) is 1.89. The largest absolute Gasteiger partial charge is 0.489 e. The first kappa shape index (κ1) is 26.2. The zero-order valence-corrected chi connectivity index (χ0v) is 17.1. The quantitative estimate of drug-likeness (QED) is 0.353. The van der Waals surface area contributed by atoms with Crippen molar-refractivity contribution < 1.29 is 23.6 Å². The molecule has 4 N–H and O–H groups in total. The molecule has 2 aromatic rings. The highest BCUT2D eigenvalue weighted by Gasteiger charge is 2.10. The third-order valence-corrected chi connectivity index (χ3v) is 3.31. The average Bonchev–Trinajstić information content (AvgIpc) is 2.75. The normalized spacial score (nSPS) is 10.5. The molecule has 2 aromatic carbocycles. The summed E-state index contributed by atoms with van der Waals surface area (Å²) in [6.07, 6.45) is 1.25. The van der Waals surface area contributed by atoms with E-state index in [2.05, 4.69) is 19.3 Å².